The number of hydrogen-bond donors (Lipinski definition) is 1. The second-order valence-corrected chi connectivity index (χ2v) is 9.39. The van der Waals surface area contributed by atoms with Crippen molar-refractivity contribution in [3.05, 3.63) is 58.6 Å². The van der Waals surface area contributed by atoms with Gasteiger partial charge in [0.2, 0.25) is 22.7 Å². The predicted molar refractivity (Wildman–Crippen MR) is 113 cm³/mol. The topological polar surface area (TPSA) is 84.9 Å². The highest BCUT2D eigenvalue weighted by molar-refractivity contribution is 7.89. The van der Waals surface area contributed by atoms with Crippen LogP contribution in [-0.4, -0.2) is 38.5 Å². The molecule has 30 heavy (non-hydrogen) atoms. The van der Waals surface area contributed by atoms with Gasteiger partial charge in [-0.3, -0.25) is 4.79 Å². The van der Waals surface area contributed by atoms with Crippen molar-refractivity contribution in [1.29, 1.82) is 0 Å². The first-order valence-electron chi connectivity index (χ1n) is 9.58. The molecule has 2 aliphatic rings. The first-order valence-corrected chi connectivity index (χ1v) is 11.4. The summed E-state index contributed by atoms with van der Waals surface area (Å²) in [6.07, 6.45) is 4.83. The molecule has 0 atom stereocenters. The average molecular weight is 449 g/mol. The maximum atomic E-state index is 12.5. The van der Waals surface area contributed by atoms with Crippen LogP contribution in [0.5, 0.6) is 11.5 Å². The van der Waals surface area contributed by atoms with Gasteiger partial charge in [0.15, 0.2) is 11.5 Å². The lowest BCUT2D eigenvalue weighted by Crippen LogP contribution is -2.27. The maximum absolute atomic E-state index is 12.5. The number of hydrogen-bond acceptors (Lipinski definition) is 5. The summed E-state index contributed by atoms with van der Waals surface area (Å²) in [6.45, 7) is 1.55. The second kappa shape index (κ2) is 8.67. The van der Waals surface area contributed by atoms with Crippen molar-refractivity contribution in [2.45, 2.75) is 24.3 Å². The fourth-order valence-electron chi connectivity index (χ4n) is 3.36. The smallest absolute Gasteiger partial charge is 0.244 e. The Morgan fingerprint density at radius 1 is 1.13 bits per heavy atom. The summed E-state index contributed by atoms with van der Waals surface area (Å²) in [4.78, 5) is 12.4. The number of rotatable bonds is 6. The second-order valence-electron chi connectivity index (χ2n) is 7.04. The zero-order valence-electron chi connectivity index (χ0n) is 16.1. The van der Waals surface area contributed by atoms with Crippen LogP contribution in [0.25, 0.3) is 6.08 Å². The minimum atomic E-state index is -3.43. The lowest BCUT2D eigenvalue weighted by Gasteiger charge is -2.15. The van der Waals surface area contributed by atoms with Gasteiger partial charge in [-0.2, -0.15) is 4.31 Å². The van der Waals surface area contributed by atoms with Crippen LogP contribution in [0.4, 0.5) is 0 Å². The summed E-state index contributed by atoms with van der Waals surface area (Å²) >= 11 is 6.13. The molecule has 1 N–H and O–H groups in total. The molecule has 0 aromatic heterocycles. The molecular formula is C21H21ClN2O5S. The standard InChI is InChI=1S/C21H21ClN2O5S/c22-18-11-16(12-19-21(18)29-14-28-19)5-8-20(25)23-13-15-3-6-17(7-4-15)30(26,27)24-9-1-2-10-24/h3-8,11-12H,1-2,9-10,13-14H2,(H,23,25). The van der Waals surface area contributed by atoms with Crippen LogP contribution in [0.15, 0.2) is 47.4 Å². The molecule has 1 amide bonds. The Morgan fingerprint density at radius 3 is 2.60 bits per heavy atom. The van der Waals surface area contributed by atoms with E-state index in [4.69, 9.17) is 21.1 Å². The Bertz CT molecular complexity index is 1080. The fourth-order valence-corrected chi connectivity index (χ4v) is 5.15. The summed E-state index contributed by atoms with van der Waals surface area (Å²) in [5.74, 6) is 0.776. The molecule has 158 valence electrons. The molecule has 0 unspecified atom stereocenters. The molecule has 2 aliphatic heterocycles. The van der Waals surface area contributed by atoms with Gasteiger partial charge in [0, 0.05) is 25.7 Å². The highest BCUT2D eigenvalue weighted by Gasteiger charge is 2.26. The monoisotopic (exact) mass is 448 g/mol. The zero-order chi connectivity index (χ0) is 21.1. The SMILES string of the molecule is O=C(C=Cc1cc(Cl)c2c(c1)OCO2)NCc1ccc(S(=O)(=O)N2CCCC2)cc1. The minimum absolute atomic E-state index is 0.126. The van der Waals surface area contributed by atoms with Gasteiger partial charge < -0.3 is 14.8 Å². The van der Waals surface area contributed by atoms with Gasteiger partial charge in [-0.25, -0.2) is 8.42 Å². The van der Waals surface area contributed by atoms with Gasteiger partial charge in [0.25, 0.3) is 0 Å². The molecule has 0 aliphatic carbocycles. The van der Waals surface area contributed by atoms with E-state index in [0.717, 1.165) is 24.0 Å². The average Bonchev–Trinajstić information content (AvgIpc) is 3.43. The summed E-state index contributed by atoms with van der Waals surface area (Å²) in [7, 11) is -3.43. The van der Waals surface area contributed by atoms with Crippen LogP contribution in [-0.2, 0) is 21.4 Å². The Morgan fingerprint density at radius 2 is 1.87 bits per heavy atom. The summed E-state index contributed by atoms with van der Waals surface area (Å²) < 4.78 is 37.2. The Balaban J connectivity index is 1.34. The maximum Gasteiger partial charge on any atom is 0.244 e. The molecule has 1 fully saturated rings. The molecule has 2 aromatic carbocycles. The van der Waals surface area contributed by atoms with Gasteiger partial charge in [0.1, 0.15) is 0 Å². The molecular weight excluding hydrogens is 428 g/mol. The number of halogens is 1. The lowest BCUT2D eigenvalue weighted by molar-refractivity contribution is -0.116. The summed E-state index contributed by atoms with van der Waals surface area (Å²) in [5.41, 5.74) is 1.53. The minimum Gasteiger partial charge on any atom is -0.454 e. The highest BCUT2D eigenvalue weighted by atomic mass is 35.5. The van der Waals surface area contributed by atoms with Crippen molar-refractivity contribution >= 4 is 33.6 Å². The number of nitrogens with zero attached hydrogens (tertiary/aromatic N) is 1. The fraction of sp³-hybridized carbons (Fsp3) is 0.286. The highest BCUT2D eigenvalue weighted by Crippen LogP contribution is 2.40. The number of carbonyl (C=O) groups is 1. The summed E-state index contributed by atoms with van der Waals surface area (Å²) in [5, 5.41) is 3.20. The third-order valence-electron chi connectivity index (χ3n) is 4.97. The molecule has 0 radical (unpaired) electrons. The Hall–Kier alpha value is -2.55. The van der Waals surface area contributed by atoms with Crippen molar-refractivity contribution in [2.24, 2.45) is 0 Å². The van der Waals surface area contributed by atoms with Crippen LogP contribution in [0.2, 0.25) is 5.02 Å². The molecule has 2 aromatic rings. The van der Waals surface area contributed by atoms with Gasteiger partial charge in [-0.05, 0) is 54.3 Å². The van der Waals surface area contributed by atoms with Crippen LogP contribution < -0.4 is 14.8 Å². The molecule has 0 bridgehead atoms. The van der Waals surface area contributed by atoms with E-state index in [9.17, 15) is 13.2 Å². The number of nitrogens with one attached hydrogen (secondary N) is 1. The number of ether oxygens (including phenoxy) is 2. The molecule has 2 heterocycles. The van der Waals surface area contributed by atoms with Crippen molar-refractivity contribution in [3.8, 4) is 11.5 Å². The van der Waals surface area contributed by atoms with E-state index in [2.05, 4.69) is 5.32 Å². The van der Waals surface area contributed by atoms with E-state index in [0.29, 0.717) is 29.6 Å². The van der Waals surface area contributed by atoms with Crippen LogP contribution in [0.3, 0.4) is 0 Å². The van der Waals surface area contributed by atoms with Gasteiger partial charge >= 0.3 is 0 Å². The molecule has 9 heteroatoms. The van der Waals surface area contributed by atoms with E-state index in [1.54, 1.807) is 42.5 Å². The van der Waals surface area contributed by atoms with Gasteiger partial charge in [-0.15, -0.1) is 0 Å². The normalized spacial score (nSPS) is 16.3. The zero-order valence-corrected chi connectivity index (χ0v) is 17.7. The van der Waals surface area contributed by atoms with E-state index in [-0.39, 0.29) is 24.1 Å². The van der Waals surface area contributed by atoms with Crippen LogP contribution in [0, 0.1) is 0 Å². The van der Waals surface area contributed by atoms with Crippen molar-refractivity contribution in [1.82, 2.24) is 9.62 Å². The van der Waals surface area contributed by atoms with E-state index >= 15 is 0 Å². The van der Waals surface area contributed by atoms with Gasteiger partial charge in [0.05, 0.1) is 9.92 Å². The third kappa shape index (κ3) is 4.45. The van der Waals surface area contributed by atoms with Crippen molar-refractivity contribution in [2.75, 3.05) is 19.9 Å². The molecule has 1 saturated heterocycles. The van der Waals surface area contributed by atoms with Gasteiger partial charge in [-0.1, -0.05) is 23.7 Å². The Kier molecular flexibility index (Phi) is 5.99. The van der Waals surface area contributed by atoms with Crippen molar-refractivity contribution < 1.29 is 22.7 Å². The molecule has 7 nitrogen and oxygen atoms in total. The van der Waals surface area contributed by atoms with E-state index in [1.807, 2.05) is 0 Å². The number of benzene rings is 2. The number of amides is 1. The summed E-state index contributed by atoms with van der Waals surface area (Å²) in [6, 6.07) is 10.0. The number of sulfonamides is 1. The molecule has 0 saturated carbocycles. The molecule has 4 rings (SSSR count). The molecule has 0 spiro atoms. The Labute approximate surface area is 180 Å². The quantitative estimate of drug-likeness (QED) is 0.686. The van der Waals surface area contributed by atoms with E-state index in [1.165, 1.54) is 10.4 Å². The number of carbonyl (C=O) groups excluding carboxylic acids is 1. The largest absolute Gasteiger partial charge is 0.454 e. The van der Waals surface area contributed by atoms with Crippen LogP contribution in [0.1, 0.15) is 24.0 Å². The van der Waals surface area contributed by atoms with Crippen molar-refractivity contribution in [3.63, 3.8) is 0 Å². The first-order chi connectivity index (χ1) is 14.4. The first kappa shape index (κ1) is 20.7. The predicted octanol–water partition coefficient (Wildman–Crippen LogP) is 3.18. The lowest BCUT2D eigenvalue weighted by atomic mass is 10.2. The third-order valence-corrected chi connectivity index (χ3v) is 7.16. The number of fused-ring (bicyclic) bond motifs is 1. The van der Waals surface area contributed by atoms with E-state index < -0.39 is 10.0 Å². The van der Waals surface area contributed by atoms with Crippen LogP contribution >= 0.6 is 11.6 Å².